The van der Waals surface area contributed by atoms with E-state index in [0.717, 1.165) is 0 Å². The fourth-order valence-electron chi connectivity index (χ4n) is 2.27. The van der Waals surface area contributed by atoms with Gasteiger partial charge in [0.25, 0.3) is 0 Å². The fourth-order valence-corrected chi connectivity index (χ4v) is 2.27. The van der Waals surface area contributed by atoms with Gasteiger partial charge >= 0.3 is 0 Å². The molecule has 0 radical (unpaired) electrons. The third-order valence-electron chi connectivity index (χ3n) is 3.32. The van der Waals surface area contributed by atoms with Gasteiger partial charge in [0.15, 0.2) is 0 Å². The maximum Gasteiger partial charge on any atom is -0.0184 e. The molecule has 4 rings (SSSR count). The van der Waals surface area contributed by atoms with Crippen LogP contribution in [-0.4, -0.2) is 0 Å². The van der Waals surface area contributed by atoms with Crippen molar-refractivity contribution in [2.45, 2.75) is 0 Å². The third-order valence-corrected chi connectivity index (χ3v) is 3.32. The van der Waals surface area contributed by atoms with Crippen LogP contribution in [0.2, 0.25) is 0 Å². The standard InChI is InChI=1S/2C10H8.C2H4/c2*1-2-6-10-8-4-3-7-9(10)5-1;1-2/h2*1-8H;1-2H2. The lowest BCUT2D eigenvalue weighted by molar-refractivity contribution is 1.75. The summed E-state index contributed by atoms with van der Waals surface area (Å²) >= 11 is 0. The predicted octanol–water partition coefficient (Wildman–Crippen LogP) is 6.48. The minimum atomic E-state index is 1.31. The summed E-state index contributed by atoms with van der Waals surface area (Å²) in [5.41, 5.74) is 0. The SMILES string of the molecule is C=C.c1ccc2ccccc2c1.c1ccc2ccccc2c1. The maximum absolute atomic E-state index is 3.00. The Bertz CT molecular complexity index is 628. The maximum atomic E-state index is 3.00. The molecule has 0 amide bonds. The van der Waals surface area contributed by atoms with Gasteiger partial charge in [0.05, 0.1) is 0 Å². The van der Waals surface area contributed by atoms with Crippen LogP contribution >= 0.6 is 0 Å². The Kier molecular flexibility index (Phi) is 5.95. The van der Waals surface area contributed by atoms with Gasteiger partial charge in [-0.15, -0.1) is 13.2 Å². The Labute approximate surface area is 132 Å². The topological polar surface area (TPSA) is 0 Å². The van der Waals surface area contributed by atoms with Gasteiger partial charge in [-0.1, -0.05) is 97.1 Å². The smallest absolute Gasteiger partial charge is 0.0184 e. The summed E-state index contributed by atoms with van der Waals surface area (Å²) < 4.78 is 0. The summed E-state index contributed by atoms with van der Waals surface area (Å²) in [4.78, 5) is 0. The van der Waals surface area contributed by atoms with Crippen molar-refractivity contribution in [1.82, 2.24) is 0 Å². The first-order chi connectivity index (χ1) is 10.9. The second-order valence-electron chi connectivity index (χ2n) is 4.69. The van der Waals surface area contributed by atoms with Crippen molar-refractivity contribution in [3.63, 3.8) is 0 Å². The molecule has 0 aliphatic carbocycles. The number of hydrogen-bond donors (Lipinski definition) is 0. The van der Waals surface area contributed by atoms with Crippen LogP contribution in [-0.2, 0) is 0 Å². The summed E-state index contributed by atoms with van der Waals surface area (Å²) in [7, 11) is 0. The minimum Gasteiger partial charge on any atom is -0.106 e. The van der Waals surface area contributed by atoms with Crippen LogP contribution in [0.4, 0.5) is 0 Å². The molecule has 0 atom stereocenters. The molecule has 0 saturated heterocycles. The first-order valence-corrected chi connectivity index (χ1v) is 7.31. The van der Waals surface area contributed by atoms with Gasteiger partial charge < -0.3 is 0 Å². The van der Waals surface area contributed by atoms with Crippen molar-refractivity contribution in [2.75, 3.05) is 0 Å². The molecule has 0 aliphatic heterocycles. The molecule has 0 heteroatoms. The molecule has 0 spiro atoms. The van der Waals surface area contributed by atoms with Crippen molar-refractivity contribution >= 4 is 21.5 Å². The van der Waals surface area contributed by atoms with E-state index in [2.05, 4.69) is 110 Å². The molecule has 4 aromatic carbocycles. The van der Waals surface area contributed by atoms with Crippen molar-refractivity contribution in [1.29, 1.82) is 0 Å². The highest BCUT2D eigenvalue weighted by Gasteiger charge is 1.86. The van der Waals surface area contributed by atoms with Crippen LogP contribution in [0.1, 0.15) is 0 Å². The lowest BCUT2D eigenvalue weighted by Crippen LogP contribution is -1.67. The number of rotatable bonds is 0. The monoisotopic (exact) mass is 284 g/mol. The summed E-state index contributed by atoms with van der Waals surface area (Å²) in [6, 6.07) is 33.4. The van der Waals surface area contributed by atoms with Gasteiger partial charge in [0.1, 0.15) is 0 Å². The van der Waals surface area contributed by atoms with Gasteiger partial charge in [0, 0.05) is 0 Å². The summed E-state index contributed by atoms with van der Waals surface area (Å²) in [6.07, 6.45) is 0. The molecular weight excluding hydrogens is 264 g/mol. The third kappa shape index (κ3) is 4.07. The summed E-state index contributed by atoms with van der Waals surface area (Å²) in [5.74, 6) is 0. The van der Waals surface area contributed by atoms with E-state index in [4.69, 9.17) is 0 Å². The average Bonchev–Trinajstić information content (AvgIpc) is 2.64. The van der Waals surface area contributed by atoms with Crippen LogP contribution in [0.25, 0.3) is 21.5 Å². The van der Waals surface area contributed by atoms with E-state index in [1.54, 1.807) is 0 Å². The Balaban J connectivity index is 0.000000144. The highest BCUT2D eigenvalue weighted by molar-refractivity contribution is 5.82. The van der Waals surface area contributed by atoms with Crippen LogP contribution in [0.15, 0.2) is 110 Å². The van der Waals surface area contributed by atoms with E-state index in [0.29, 0.717) is 0 Å². The molecule has 0 N–H and O–H groups in total. The van der Waals surface area contributed by atoms with Gasteiger partial charge in [-0.05, 0) is 21.5 Å². The van der Waals surface area contributed by atoms with E-state index in [-0.39, 0.29) is 0 Å². The molecule has 22 heavy (non-hydrogen) atoms. The van der Waals surface area contributed by atoms with Crippen molar-refractivity contribution < 1.29 is 0 Å². The lowest BCUT2D eigenvalue weighted by atomic mass is 10.1. The van der Waals surface area contributed by atoms with E-state index in [9.17, 15) is 0 Å². The molecule has 0 aliphatic rings. The first kappa shape index (κ1) is 15.5. The van der Waals surface area contributed by atoms with Gasteiger partial charge in [-0.25, -0.2) is 0 Å². The number of hydrogen-bond acceptors (Lipinski definition) is 0. The zero-order valence-electron chi connectivity index (χ0n) is 12.7. The Morgan fingerprint density at radius 3 is 0.591 bits per heavy atom. The minimum absolute atomic E-state index is 1.31. The second kappa shape index (κ2) is 8.43. The van der Waals surface area contributed by atoms with Gasteiger partial charge in [0.2, 0.25) is 0 Å². The zero-order valence-corrected chi connectivity index (χ0v) is 12.7. The molecule has 0 unspecified atom stereocenters. The molecule has 0 heterocycles. The lowest BCUT2D eigenvalue weighted by Gasteiger charge is -1.92. The summed E-state index contributed by atoms with van der Waals surface area (Å²) in [6.45, 7) is 6.00. The molecule has 4 aromatic rings. The van der Waals surface area contributed by atoms with Gasteiger partial charge in [-0.2, -0.15) is 0 Å². The van der Waals surface area contributed by atoms with Crippen LogP contribution in [0.5, 0.6) is 0 Å². The molecule has 0 aromatic heterocycles. The van der Waals surface area contributed by atoms with Crippen molar-refractivity contribution in [3.8, 4) is 0 Å². The number of fused-ring (bicyclic) bond motifs is 2. The van der Waals surface area contributed by atoms with E-state index < -0.39 is 0 Å². The Morgan fingerprint density at radius 1 is 0.318 bits per heavy atom. The fraction of sp³-hybridized carbons (Fsp3) is 0. The molecule has 0 fully saturated rings. The highest BCUT2D eigenvalue weighted by Crippen LogP contribution is 2.11. The average molecular weight is 284 g/mol. The summed E-state index contributed by atoms with van der Waals surface area (Å²) in [5, 5.41) is 5.24. The number of benzene rings is 4. The van der Waals surface area contributed by atoms with Crippen LogP contribution in [0.3, 0.4) is 0 Å². The molecule has 108 valence electrons. The van der Waals surface area contributed by atoms with Crippen molar-refractivity contribution in [2.24, 2.45) is 0 Å². The predicted molar refractivity (Wildman–Crippen MR) is 99.2 cm³/mol. The highest BCUT2D eigenvalue weighted by atomic mass is 13.9. The van der Waals surface area contributed by atoms with Crippen molar-refractivity contribution in [3.05, 3.63) is 110 Å². The second-order valence-corrected chi connectivity index (χ2v) is 4.69. The Morgan fingerprint density at radius 2 is 0.455 bits per heavy atom. The van der Waals surface area contributed by atoms with Crippen LogP contribution in [0, 0.1) is 0 Å². The quantitative estimate of drug-likeness (QED) is 0.324. The molecule has 0 nitrogen and oxygen atoms in total. The molecule has 0 bridgehead atoms. The van der Waals surface area contributed by atoms with Crippen LogP contribution < -0.4 is 0 Å². The molecular formula is C22H20. The first-order valence-electron chi connectivity index (χ1n) is 7.31. The zero-order chi connectivity index (χ0) is 15.6. The molecule has 0 saturated carbocycles. The van der Waals surface area contributed by atoms with E-state index in [1.165, 1.54) is 21.5 Å². The largest absolute Gasteiger partial charge is 0.106 e. The normalized spacial score (nSPS) is 9.27. The van der Waals surface area contributed by atoms with Gasteiger partial charge in [-0.3, -0.25) is 0 Å². The van der Waals surface area contributed by atoms with E-state index in [1.807, 2.05) is 0 Å². The van der Waals surface area contributed by atoms with E-state index >= 15 is 0 Å². The Hall–Kier alpha value is -2.86.